The number of thiol groups is 1. The van der Waals surface area contributed by atoms with Crippen LogP contribution < -0.4 is 0 Å². The number of carbonyl (C=O) groups is 1. The van der Waals surface area contributed by atoms with Crippen LogP contribution in [0.5, 0.6) is 0 Å². The van der Waals surface area contributed by atoms with Crippen molar-refractivity contribution in [3.05, 3.63) is 29.8 Å². The molecule has 104 valence electrons. The summed E-state index contributed by atoms with van der Waals surface area (Å²) in [4.78, 5) is 14.8. The second-order valence-electron chi connectivity index (χ2n) is 5.09. The standard InChI is InChI=1S/C15H21NO2S/c1-16(9-6-12-7-10-18-11-8-12)15(17)13-4-2-3-5-14(13)19/h2-5,12,19H,6-11H2,1H3. The number of hydrogen-bond donors (Lipinski definition) is 1. The summed E-state index contributed by atoms with van der Waals surface area (Å²) in [5.41, 5.74) is 0.681. The highest BCUT2D eigenvalue weighted by Gasteiger charge is 2.17. The number of amides is 1. The molecule has 1 aliphatic heterocycles. The summed E-state index contributed by atoms with van der Waals surface area (Å²) in [5.74, 6) is 0.743. The van der Waals surface area contributed by atoms with Crippen molar-refractivity contribution < 1.29 is 9.53 Å². The Morgan fingerprint density at radius 1 is 1.37 bits per heavy atom. The maximum atomic E-state index is 12.3. The van der Waals surface area contributed by atoms with Crippen molar-refractivity contribution in [3.8, 4) is 0 Å². The van der Waals surface area contributed by atoms with E-state index in [4.69, 9.17) is 4.74 Å². The first-order chi connectivity index (χ1) is 9.18. The molecule has 1 saturated heterocycles. The van der Waals surface area contributed by atoms with Crippen molar-refractivity contribution in [1.29, 1.82) is 0 Å². The van der Waals surface area contributed by atoms with Crippen LogP contribution in [-0.2, 0) is 4.74 Å². The molecule has 0 aromatic heterocycles. The molecule has 1 aliphatic rings. The van der Waals surface area contributed by atoms with E-state index in [2.05, 4.69) is 12.6 Å². The van der Waals surface area contributed by atoms with Crippen molar-refractivity contribution >= 4 is 18.5 Å². The number of carbonyl (C=O) groups excluding carboxylic acids is 1. The van der Waals surface area contributed by atoms with Gasteiger partial charge in [0.25, 0.3) is 5.91 Å². The molecule has 1 fully saturated rings. The normalized spacial score (nSPS) is 16.3. The zero-order valence-electron chi connectivity index (χ0n) is 11.3. The van der Waals surface area contributed by atoms with Crippen LogP contribution in [-0.4, -0.2) is 37.6 Å². The molecule has 1 heterocycles. The lowest BCUT2D eigenvalue weighted by Gasteiger charge is -2.25. The molecule has 0 saturated carbocycles. The van der Waals surface area contributed by atoms with E-state index < -0.39 is 0 Å². The van der Waals surface area contributed by atoms with Gasteiger partial charge in [0.2, 0.25) is 0 Å². The molecule has 1 amide bonds. The number of rotatable bonds is 4. The highest BCUT2D eigenvalue weighted by atomic mass is 32.1. The van der Waals surface area contributed by atoms with Crippen molar-refractivity contribution in [2.45, 2.75) is 24.2 Å². The summed E-state index contributed by atoms with van der Waals surface area (Å²) in [6.07, 6.45) is 3.29. The Labute approximate surface area is 120 Å². The molecule has 0 radical (unpaired) electrons. The highest BCUT2D eigenvalue weighted by molar-refractivity contribution is 7.80. The van der Waals surface area contributed by atoms with Crippen molar-refractivity contribution in [1.82, 2.24) is 4.90 Å². The van der Waals surface area contributed by atoms with Gasteiger partial charge in [-0.3, -0.25) is 4.79 Å². The van der Waals surface area contributed by atoms with Crippen LogP contribution in [0.15, 0.2) is 29.2 Å². The van der Waals surface area contributed by atoms with Gasteiger partial charge < -0.3 is 9.64 Å². The maximum Gasteiger partial charge on any atom is 0.254 e. The fourth-order valence-corrected chi connectivity index (χ4v) is 2.63. The molecule has 2 rings (SSSR count). The molecule has 4 heteroatoms. The Bertz CT molecular complexity index is 430. The SMILES string of the molecule is CN(CCC1CCOCC1)C(=O)c1ccccc1S. The first kappa shape index (κ1) is 14.4. The number of benzene rings is 1. The third kappa shape index (κ3) is 3.98. The third-order valence-electron chi connectivity index (χ3n) is 3.69. The summed E-state index contributed by atoms with van der Waals surface area (Å²) in [5, 5.41) is 0. The first-order valence-corrected chi connectivity index (χ1v) is 7.24. The third-order valence-corrected chi connectivity index (χ3v) is 4.08. The molecule has 0 unspecified atom stereocenters. The molecule has 0 bridgehead atoms. The van der Waals surface area contributed by atoms with Crippen LogP contribution in [0.4, 0.5) is 0 Å². The van der Waals surface area contributed by atoms with Crippen LogP contribution in [0.3, 0.4) is 0 Å². The van der Waals surface area contributed by atoms with Gasteiger partial charge in [-0.25, -0.2) is 0 Å². The fourth-order valence-electron chi connectivity index (χ4n) is 2.37. The Morgan fingerprint density at radius 2 is 2.05 bits per heavy atom. The molecule has 0 spiro atoms. The second-order valence-corrected chi connectivity index (χ2v) is 5.57. The Balaban J connectivity index is 1.87. The van der Waals surface area contributed by atoms with Crippen LogP contribution in [0.1, 0.15) is 29.6 Å². The molecular weight excluding hydrogens is 258 g/mol. The molecule has 0 N–H and O–H groups in total. The fraction of sp³-hybridized carbons (Fsp3) is 0.533. The highest BCUT2D eigenvalue weighted by Crippen LogP contribution is 2.20. The molecule has 0 aliphatic carbocycles. The average molecular weight is 279 g/mol. The lowest BCUT2D eigenvalue weighted by atomic mass is 9.96. The van der Waals surface area contributed by atoms with Crippen LogP contribution in [0, 0.1) is 5.92 Å². The van der Waals surface area contributed by atoms with Gasteiger partial charge >= 0.3 is 0 Å². The van der Waals surface area contributed by atoms with Gasteiger partial charge in [-0.05, 0) is 37.3 Å². The van der Waals surface area contributed by atoms with Gasteiger partial charge in [0, 0.05) is 31.7 Å². The van der Waals surface area contributed by atoms with Gasteiger partial charge in [0.1, 0.15) is 0 Å². The molecule has 1 aromatic rings. The lowest BCUT2D eigenvalue weighted by Crippen LogP contribution is -2.30. The maximum absolute atomic E-state index is 12.3. The summed E-state index contributed by atoms with van der Waals surface area (Å²) in [6, 6.07) is 7.44. The minimum Gasteiger partial charge on any atom is -0.381 e. The largest absolute Gasteiger partial charge is 0.381 e. The minimum atomic E-state index is 0.0534. The average Bonchev–Trinajstić information content (AvgIpc) is 2.45. The van der Waals surface area contributed by atoms with Crippen molar-refractivity contribution in [3.63, 3.8) is 0 Å². The molecule has 0 atom stereocenters. The smallest absolute Gasteiger partial charge is 0.254 e. The van der Waals surface area contributed by atoms with Crippen LogP contribution in [0.25, 0.3) is 0 Å². The lowest BCUT2D eigenvalue weighted by molar-refractivity contribution is 0.0583. The summed E-state index contributed by atoms with van der Waals surface area (Å²) < 4.78 is 5.35. The Kier molecular flexibility index (Phi) is 5.28. The van der Waals surface area contributed by atoms with E-state index in [0.717, 1.165) is 43.9 Å². The summed E-state index contributed by atoms with van der Waals surface area (Å²) >= 11 is 4.34. The molecule has 3 nitrogen and oxygen atoms in total. The molecular formula is C15H21NO2S. The van der Waals surface area contributed by atoms with E-state index in [-0.39, 0.29) is 5.91 Å². The number of hydrogen-bond acceptors (Lipinski definition) is 3. The van der Waals surface area contributed by atoms with Crippen molar-refractivity contribution in [2.75, 3.05) is 26.8 Å². The monoisotopic (exact) mass is 279 g/mol. The number of ether oxygens (including phenoxy) is 1. The van der Waals surface area contributed by atoms with Crippen LogP contribution in [0.2, 0.25) is 0 Å². The van der Waals surface area contributed by atoms with E-state index in [0.29, 0.717) is 11.5 Å². The van der Waals surface area contributed by atoms with E-state index in [9.17, 15) is 4.79 Å². The molecule has 1 aromatic carbocycles. The topological polar surface area (TPSA) is 29.5 Å². The quantitative estimate of drug-likeness (QED) is 0.859. The predicted molar refractivity (Wildman–Crippen MR) is 78.8 cm³/mol. The first-order valence-electron chi connectivity index (χ1n) is 6.79. The predicted octanol–water partition coefficient (Wildman–Crippen LogP) is 2.86. The van der Waals surface area contributed by atoms with Gasteiger partial charge in [0.05, 0.1) is 5.56 Å². The van der Waals surface area contributed by atoms with E-state index in [1.54, 1.807) is 4.90 Å². The zero-order chi connectivity index (χ0) is 13.7. The Hall–Kier alpha value is -1.00. The molecule has 19 heavy (non-hydrogen) atoms. The van der Waals surface area contributed by atoms with Gasteiger partial charge in [0.15, 0.2) is 0 Å². The van der Waals surface area contributed by atoms with Gasteiger partial charge in [-0.15, -0.1) is 12.6 Å². The number of nitrogens with zero attached hydrogens (tertiary/aromatic N) is 1. The van der Waals surface area contributed by atoms with Crippen molar-refractivity contribution in [2.24, 2.45) is 5.92 Å². The van der Waals surface area contributed by atoms with Gasteiger partial charge in [-0.1, -0.05) is 12.1 Å². The minimum absolute atomic E-state index is 0.0534. The van der Waals surface area contributed by atoms with Crippen LogP contribution >= 0.6 is 12.6 Å². The van der Waals surface area contributed by atoms with Gasteiger partial charge in [-0.2, -0.15) is 0 Å². The van der Waals surface area contributed by atoms with E-state index >= 15 is 0 Å². The Morgan fingerprint density at radius 3 is 2.74 bits per heavy atom. The second kappa shape index (κ2) is 6.96. The summed E-state index contributed by atoms with van der Waals surface area (Å²) in [6.45, 7) is 2.52. The zero-order valence-corrected chi connectivity index (χ0v) is 12.2. The van der Waals surface area contributed by atoms with E-state index in [1.807, 2.05) is 31.3 Å². The van der Waals surface area contributed by atoms with E-state index in [1.165, 1.54) is 0 Å². The summed E-state index contributed by atoms with van der Waals surface area (Å²) in [7, 11) is 1.86.